The number of methoxy groups -OCH3 is 1. The van der Waals surface area contributed by atoms with Gasteiger partial charge >= 0.3 is 6.01 Å². The van der Waals surface area contributed by atoms with E-state index in [0.717, 1.165) is 5.56 Å². The first-order valence-electron chi connectivity index (χ1n) is 3.60. The summed E-state index contributed by atoms with van der Waals surface area (Å²) in [4.78, 5) is 7.97. The van der Waals surface area contributed by atoms with Gasteiger partial charge in [-0.05, 0) is 11.5 Å². The Morgan fingerprint density at radius 3 is 2.18 bits per heavy atom. The molecule has 0 bridgehead atoms. The van der Waals surface area contributed by atoms with Crippen molar-refractivity contribution in [2.24, 2.45) is 0 Å². The van der Waals surface area contributed by atoms with Crippen molar-refractivity contribution < 1.29 is 4.74 Å². The SMILES string of the molecule is COc1ncc(C(C)C)cn1. The zero-order valence-electron chi connectivity index (χ0n) is 7.03. The molecule has 0 fully saturated rings. The van der Waals surface area contributed by atoms with Gasteiger partial charge in [-0.15, -0.1) is 0 Å². The topological polar surface area (TPSA) is 35.0 Å². The highest BCUT2D eigenvalue weighted by atomic mass is 16.5. The largest absolute Gasteiger partial charge is 0.467 e. The van der Waals surface area contributed by atoms with Gasteiger partial charge in [-0.1, -0.05) is 13.8 Å². The van der Waals surface area contributed by atoms with Gasteiger partial charge in [0.25, 0.3) is 0 Å². The average Bonchev–Trinajstić information content (AvgIpc) is 2.05. The Labute approximate surface area is 66.4 Å². The van der Waals surface area contributed by atoms with Crippen LogP contribution in [0.3, 0.4) is 0 Å². The molecule has 1 heterocycles. The van der Waals surface area contributed by atoms with E-state index in [1.54, 1.807) is 19.5 Å². The molecule has 11 heavy (non-hydrogen) atoms. The van der Waals surface area contributed by atoms with Crippen LogP contribution in [-0.4, -0.2) is 17.1 Å². The lowest BCUT2D eigenvalue weighted by atomic mass is 10.1. The lowest BCUT2D eigenvalue weighted by molar-refractivity contribution is 0.379. The fourth-order valence-corrected chi connectivity index (χ4v) is 0.730. The van der Waals surface area contributed by atoms with Crippen LogP contribution in [0.5, 0.6) is 6.01 Å². The summed E-state index contributed by atoms with van der Waals surface area (Å²) in [5, 5.41) is 0. The Bertz CT molecular complexity index is 218. The van der Waals surface area contributed by atoms with Crippen LogP contribution in [-0.2, 0) is 0 Å². The normalized spacial score (nSPS) is 10.2. The Hall–Kier alpha value is -1.12. The molecular weight excluding hydrogens is 140 g/mol. The number of ether oxygens (including phenoxy) is 1. The van der Waals surface area contributed by atoms with Gasteiger partial charge in [0.1, 0.15) is 0 Å². The first-order valence-corrected chi connectivity index (χ1v) is 3.60. The summed E-state index contributed by atoms with van der Waals surface area (Å²) in [6.07, 6.45) is 3.58. The Kier molecular flexibility index (Phi) is 2.41. The lowest BCUT2D eigenvalue weighted by Crippen LogP contribution is -1.94. The Morgan fingerprint density at radius 2 is 1.82 bits per heavy atom. The van der Waals surface area contributed by atoms with Crippen molar-refractivity contribution in [2.45, 2.75) is 19.8 Å². The van der Waals surface area contributed by atoms with Gasteiger partial charge in [0.05, 0.1) is 7.11 Å². The minimum absolute atomic E-state index is 0.425. The molecule has 0 amide bonds. The maximum absolute atomic E-state index is 4.83. The smallest absolute Gasteiger partial charge is 0.316 e. The maximum atomic E-state index is 4.83. The van der Waals surface area contributed by atoms with E-state index in [-0.39, 0.29) is 0 Å². The molecule has 0 atom stereocenters. The van der Waals surface area contributed by atoms with Crippen molar-refractivity contribution in [3.05, 3.63) is 18.0 Å². The van der Waals surface area contributed by atoms with Crippen LogP contribution in [0.15, 0.2) is 12.4 Å². The molecule has 1 aromatic rings. The molecule has 3 nitrogen and oxygen atoms in total. The van der Waals surface area contributed by atoms with Crippen LogP contribution in [0.2, 0.25) is 0 Å². The van der Waals surface area contributed by atoms with E-state index in [1.807, 2.05) is 0 Å². The molecule has 1 rings (SSSR count). The van der Waals surface area contributed by atoms with Gasteiger partial charge in [-0.2, -0.15) is 0 Å². The summed E-state index contributed by atoms with van der Waals surface area (Å²) in [5.41, 5.74) is 1.13. The maximum Gasteiger partial charge on any atom is 0.316 e. The van der Waals surface area contributed by atoms with Crippen molar-refractivity contribution in [1.82, 2.24) is 9.97 Å². The third kappa shape index (κ3) is 1.90. The molecule has 0 saturated carbocycles. The minimum atomic E-state index is 0.425. The molecule has 0 aliphatic rings. The lowest BCUT2D eigenvalue weighted by Gasteiger charge is -2.03. The van der Waals surface area contributed by atoms with Crippen molar-refractivity contribution in [3.63, 3.8) is 0 Å². The minimum Gasteiger partial charge on any atom is -0.467 e. The summed E-state index contributed by atoms with van der Waals surface area (Å²) < 4.78 is 4.83. The van der Waals surface area contributed by atoms with Crippen molar-refractivity contribution in [3.8, 4) is 6.01 Å². The van der Waals surface area contributed by atoms with Crippen LogP contribution < -0.4 is 4.74 Å². The van der Waals surface area contributed by atoms with Gasteiger partial charge in [-0.3, -0.25) is 0 Å². The standard InChI is InChI=1S/C8H12N2O/c1-6(2)7-4-9-8(11-3)10-5-7/h4-6H,1-3H3. The van der Waals surface area contributed by atoms with Crippen LogP contribution >= 0.6 is 0 Å². The molecule has 60 valence electrons. The highest BCUT2D eigenvalue weighted by molar-refractivity contribution is 5.10. The van der Waals surface area contributed by atoms with E-state index in [4.69, 9.17) is 4.74 Å². The predicted molar refractivity (Wildman–Crippen MR) is 42.7 cm³/mol. The molecule has 0 spiro atoms. The van der Waals surface area contributed by atoms with Crippen LogP contribution in [0.4, 0.5) is 0 Å². The van der Waals surface area contributed by atoms with Gasteiger partial charge in [0, 0.05) is 12.4 Å². The van der Waals surface area contributed by atoms with E-state index in [0.29, 0.717) is 11.9 Å². The molecule has 0 aliphatic carbocycles. The highest BCUT2D eigenvalue weighted by Crippen LogP contribution is 2.12. The third-order valence-electron chi connectivity index (χ3n) is 1.50. The summed E-state index contributed by atoms with van der Waals surface area (Å²) in [6, 6.07) is 0.425. The van der Waals surface area contributed by atoms with Gasteiger partial charge in [0.15, 0.2) is 0 Å². The molecule has 0 radical (unpaired) electrons. The summed E-state index contributed by atoms with van der Waals surface area (Å²) in [7, 11) is 1.56. The molecule has 0 saturated heterocycles. The van der Waals surface area contributed by atoms with Crippen molar-refractivity contribution in [2.75, 3.05) is 7.11 Å². The van der Waals surface area contributed by atoms with E-state index in [2.05, 4.69) is 23.8 Å². The van der Waals surface area contributed by atoms with Crippen LogP contribution in [0, 0.1) is 0 Å². The number of hydrogen-bond donors (Lipinski definition) is 0. The molecule has 3 heteroatoms. The second-order valence-electron chi connectivity index (χ2n) is 2.66. The Morgan fingerprint density at radius 1 is 1.27 bits per heavy atom. The van der Waals surface area contributed by atoms with Crippen LogP contribution in [0.1, 0.15) is 25.3 Å². The second kappa shape index (κ2) is 3.32. The molecular formula is C8H12N2O. The molecule has 0 aliphatic heterocycles. The summed E-state index contributed by atoms with van der Waals surface area (Å²) in [6.45, 7) is 4.20. The van der Waals surface area contributed by atoms with E-state index in [9.17, 15) is 0 Å². The zero-order valence-corrected chi connectivity index (χ0v) is 7.03. The van der Waals surface area contributed by atoms with Gasteiger partial charge in [-0.25, -0.2) is 9.97 Å². The molecule has 0 aromatic carbocycles. The monoisotopic (exact) mass is 152 g/mol. The van der Waals surface area contributed by atoms with E-state index in [1.165, 1.54) is 0 Å². The van der Waals surface area contributed by atoms with E-state index < -0.39 is 0 Å². The predicted octanol–water partition coefficient (Wildman–Crippen LogP) is 1.61. The van der Waals surface area contributed by atoms with Gasteiger partial charge < -0.3 is 4.74 Å². The molecule has 0 N–H and O–H groups in total. The fourth-order valence-electron chi connectivity index (χ4n) is 0.730. The Balaban J connectivity index is 2.83. The second-order valence-corrected chi connectivity index (χ2v) is 2.66. The van der Waals surface area contributed by atoms with Crippen molar-refractivity contribution in [1.29, 1.82) is 0 Å². The van der Waals surface area contributed by atoms with Crippen LogP contribution in [0.25, 0.3) is 0 Å². The third-order valence-corrected chi connectivity index (χ3v) is 1.50. The van der Waals surface area contributed by atoms with Gasteiger partial charge in [0.2, 0.25) is 0 Å². The zero-order chi connectivity index (χ0) is 8.27. The van der Waals surface area contributed by atoms with Crippen molar-refractivity contribution >= 4 is 0 Å². The first kappa shape index (κ1) is 7.98. The van der Waals surface area contributed by atoms with E-state index >= 15 is 0 Å². The average molecular weight is 152 g/mol. The molecule has 1 aromatic heterocycles. The number of rotatable bonds is 2. The number of aromatic nitrogens is 2. The quantitative estimate of drug-likeness (QED) is 0.645. The summed E-state index contributed by atoms with van der Waals surface area (Å²) in [5.74, 6) is 0.473. The number of hydrogen-bond acceptors (Lipinski definition) is 3. The molecule has 0 unspecified atom stereocenters. The first-order chi connectivity index (χ1) is 5.24. The highest BCUT2D eigenvalue weighted by Gasteiger charge is 1.99. The fraction of sp³-hybridized carbons (Fsp3) is 0.500. The number of nitrogens with zero attached hydrogens (tertiary/aromatic N) is 2. The summed E-state index contributed by atoms with van der Waals surface area (Å²) >= 11 is 0.